The summed E-state index contributed by atoms with van der Waals surface area (Å²) in [5, 5.41) is 4.20. The summed E-state index contributed by atoms with van der Waals surface area (Å²) in [6.07, 6.45) is 0. The average Bonchev–Trinajstić information content (AvgIpc) is 2.52. The predicted molar refractivity (Wildman–Crippen MR) is 99.0 cm³/mol. The van der Waals surface area contributed by atoms with E-state index in [0.29, 0.717) is 5.56 Å². The van der Waals surface area contributed by atoms with Crippen molar-refractivity contribution >= 4 is 27.5 Å². The third-order valence-electron chi connectivity index (χ3n) is 3.61. The lowest BCUT2D eigenvalue weighted by Crippen LogP contribution is -2.19. The summed E-state index contributed by atoms with van der Waals surface area (Å²) < 4.78 is 0.750. The van der Waals surface area contributed by atoms with Crippen molar-refractivity contribution in [2.24, 2.45) is 5.10 Å². The number of halogens is 1. The molecule has 0 saturated carbocycles. The number of rotatable bonds is 3. The Balaban J connectivity index is 2.11. The van der Waals surface area contributed by atoms with Crippen LogP contribution in [0.1, 0.15) is 49.2 Å². The average molecular weight is 373 g/mol. The number of nitrogens with one attached hydrogen (secondary N) is 1. The van der Waals surface area contributed by atoms with Gasteiger partial charge in [0.15, 0.2) is 0 Å². The molecule has 0 unspecified atom stereocenters. The highest BCUT2D eigenvalue weighted by Crippen LogP contribution is 2.22. The number of amides is 1. The molecule has 2 aromatic rings. The van der Waals surface area contributed by atoms with Gasteiger partial charge in [0, 0.05) is 4.47 Å². The van der Waals surface area contributed by atoms with E-state index in [1.807, 2.05) is 37.3 Å². The lowest BCUT2D eigenvalue weighted by Gasteiger charge is -2.19. The molecule has 0 atom stereocenters. The first-order chi connectivity index (χ1) is 10.8. The Hall–Kier alpha value is -1.94. The minimum Gasteiger partial charge on any atom is -0.267 e. The molecule has 0 radical (unpaired) electrons. The molecule has 0 saturated heterocycles. The molecule has 0 bridgehead atoms. The first-order valence-corrected chi connectivity index (χ1v) is 8.28. The number of hydrogen-bond donors (Lipinski definition) is 1. The van der Waals surface area contributed by atoms with Gasteiger partial charge in [0.05, 0.1) is 11.3 Å². The van der Waals surface area contributed by atoms with E-state index in [4.69, 9.17) is 0 Å². The third kappa shape index (κ3) is 4.52. The van der Waals surface area contributed by atoms with Crippen molar-refractivity contribution in [2.75, 3.05) is 0 Å². The van der Waals surface area contributed by atoms with Crippen molar-refractivity contribution in [3.8, 4) is 0 Å². The lowest BCUT2D eigenvalue weighted by molar-refractivity contribution is 0.0954. The van der Waals surface area contributed by atoms with E-state index in [9.17, 15) is 4.79 Å². The molecule has 0 aliphatic rings. The second kappa shape index (κ2) is 7.09. The quantitative estimate of drug-likeness (QED) is 0.603. The van der Waals surface area contributed by atoms with Gasteiger partial charge in [0.25, 0.3) is 5.91 Å². The van der Waals surface area contributed by atoms with Crippen LogP contribution in [0.4, 0.5) is 0 Å². The largest absolute Gasteiger partial charge is 0.272 e. The van der Waals surface area contributed by atoms with E-state index >= 15 is 0 Å². The Bertz CT molecular complexity index is 728. The molecule has 0 aromatic heterocycles. The molecular weight excluding hydrogens is 352 g/mol. The Morgan fingerprint density at radius 1 is 1.04 bits per heavy atom. The molecule has 2 aromatic carbocycles. The van der Waals surface area contributed by atoms with Crippen LogP contribution in [0.5, 0.6) is 0 Å². The van der Waals surface area contributed by atoms with Gasteiger partial charge in [-0.15, -0.1) is 0 Å². The normalized spacial score (nSPS) is 12.1. The summed E-state index contributed by atoms with van der Waals surface area (Å²) >= 11 is 3.37. The standard InChI is InChI=1S/C19H21BrN2O/c1-13(14-9-11-15(12-10-14)19(2,3)4)21-22-18(23)16-7-5-6-8-17(16)20/h5-12H,1-4H3,(H,22,23). The van der Waals surface area contributed by atoms with Crippen molar-refractivity contribution in [1.29, 1.82) is 0 Å². The van der Waals surface area contributed by atoms with Gasteiger partial charge in [0.2, 0.25) is 0 Å². The minimum atomic E-state index is -0.233. The maximum atomic E-state index is 12.1. The van der Waals surface area contributed by atoms with Gasteiger partial charge in [0.1, 0.15) is 0 Å². The monoisotopic (exact) mass is 372 g/mol. The van der Waals surface area contributed by atoms with Crippen LogP contribution in [-0.2, 0) is 5.41 Å². The number of hydrazone groups is 1. The van der Waals surface area contributed by atoms with Crippen molar-refractivity contribution < 1.29 is 4.79 Å². The molecule has 0 spiro atoms. The summed E-state index contributed by atoms with van der Waals surface area (Å²) in [4.78, 5) is 12.1. The fourth-order valence-electron chi connectivity index (χ4n) is 2.12. The van der Waals surface area contributed by atoms with E-state index in [1.54, 1.807) is 6.07 Å². The van der Waals surface area contributed by atoms with E-state index in [1.165, 1.54) is 5.56 Å². The zero-order valence-electron chi connectivity index (χ0n) is 13.9. The molecule has 0 aliphatic heterocycles. The molecular formula is C19H21BrN2O. The minimum absolute atomic E-state index is 0.122. The molecule has 0 fully saturated rings. The third-order valence-corrected chi connectivity index (χ3v) is 4.30. The number of carbonyl (C=O) groups excluding carboxylic acids is 1. The van der Waals surface area contributed by atoms with Gasteiger partial charge in [-0.05, 0) is 51.5 Å². The van der Waals surface area contributed by atoms with Crippen LogP contribution in [0.3, 0.4) is 0 Å². The lowest BCUT2D eigenvalue weighted by atomic mass is 9.86. The van der Waals surface area contributed by atoms with Gasteiger partial charge < -0.3 is 0 Å². The zero-order valence-corrected chi connectivity index (χ0v) is 15.4. The van der Waals surface area contributed by atoms with Crippen LogP contribution < -0.4 is 5.43 Å². The molecule has 1 N–H and O–H groups in total. The summed E-state index contributed by atoms with van der Waals surface area (Å²) in [5.41, 5.74) is 6.32. The summed E-state index contributed by atoms with van der Waals surface area (Å²) in [6.45, 7) is 8.43. The maximum Gasteiger partial charge on any atom is 0.272 e. The van der Waals surface area contributed by atoms with Gasteiger partial charge in [-0.1, -0.05) is 57.2 Å². The summed E-state index contributed by atoms with van der Waals surface area (Å²) in [5.74, 6) is -0.233. The molecule has 2 rings (SSSR count). The fraction of sp³-hybridized carbons (Fsp3) is 0.263. The second-order valence-electron chi connectivity index (χ2n) is 6.45. The van der Waals surface area contributed by atoms with Crippen molar-refractivity contribution in [2.45, 2.75) is 33.1 Å². The Morgan fingerprint density at radius 3 is 2.22 bits per heavy atom. The highest BCUT2D eigenvalue weighted by Gasteiger charge is 2.13. The SMILES string of the molecule is CC(=NNC(=O)c1ccccc1Br)c1ccc(C(C)(C)C)cc1. The predicted octanol–water partition coefficient (Wildman–Crippen LogP) is 4.90. The molecule has 0 aliphatic carbocycles. The summed E-state index contributed by atoms with van der Waals surface area (Å²) in [6, 6.07) is 15.5. The van der Waals surface area contributed by atoms with Crippen molar-refractivity contribution in [3.63, 3.8) is 0 Å². The van der Waals surface area contributed by atoms with Crippen molar-refractivity contribution in [3.05, 3.63) is 69.7 Å². The van der Waals surface area contributed by atoms with Gasteiger partial charge in [-0.25, -0.2) is 5.43 Å². The van der Waals surface area contributed by atoms with E-state index in [-0.39, 0.29) is 11.3 Å². The Labute approximate surface area is 145 Å². The van der Waals surface area contributed by atoms with Crippen LogP contribution in [0, 0.1) is 0 Å². The highest BCUT2D eigenvalue weighted by atomic mass is 79.9. The molecule has 23 heavy (non-hydrogen) atoms. The van der Waals surface area contributed by atoms with E-state index < -0.39 is 0 Å². The van der Waals surface area contributed by atoms with E-state index in [2.05, 4.69) is 59.4 Å². The van der Waals surface area contributed by atoms with Gasteiger partial charge in [-0.2, -0.15) is 5.10 Å². The Kier molecular flexibility index (Phi) is 5.37. The molecule has 0 heterocycles. The first-order valence-electron chi connectivity index (χ1n) is 7.49. The topological polar surface area (TPSA) is 41.5 Å². The van der Waals surface area contributed by atoms with Crippen LogP contribution in [0.25, 0.3) is 0 Å². The van der Waals surface area contributed by atoms with Gasteiger partial charge in [-0.3, -0.25) is 4.79 Å². The first kappa shape index (κ1) is 17.4. The maximum absolute atomic E-state index is 12.1. The number of hydrogen-bond acceptors (Lipinski definition) is 2. The smallest absolute Gasteiger partial charge is 0.267 e. The molecule has 3 nitrogen and oxygen atoms in total. The number of nitrogens with zero attached hydrogens (tertiary/aromatic N) is 1. The van der Waals surface area contributed by atoms with Gasteiger partial charge >= 0.3 is 0 Å². The van der Waals surface area contributed by atoms with E-state index in [0.717, 1.165) is 15.7 Å². The molecule has 1 amide bonds. The summed E-state index contributed by atoms with van der Waals surface area (Å²) in [7, 11) is 0. The molecule has 4 heteroatoms. The number of benzene rings is 2. The number of carbonyl (C=O) groups is 1. The second-order valence-corrected chi connectivity index (χ2v) is 7.30. The van der Waals surface area contributed by atoms with Crippen LogP contribution >= 0.6 is 15.9 Å². The zero-order chi connectivity index (χ0) is 17.0. The molecule has 120 valence electrons. The van der Waals surface area contributed by atoms with Crippen LogP contribution in [0.2, 0.25) is 0 Å². The van der Waals surface area contributed by atoms with Crippen molar-refractivity contribution in [1.82, 2.24) is 5.43 Å². The highest BCUT2D eigenvalue weighted by molar-refractivity contribution is 9.10. The fourth-order valence-corrected chi connectivity index (χ4v) is 2.58. The van der Waals surface area contributed by atoms with Crippen LogP contribution in [-0.4, -0.2) is 11.6 Å². The van der Waals surface area contributed by atoms with Crippen LogP contribution in [0.15, 0.2) is 58.1 Å². The Morgan fingerprint density at radius 2 is 1.65 bits per heavy atom.